The Morgan fingerprint density at radius 3 is 2.83 bits per heavy atom. The summed E-state index contributed by atoms with van der Waals surface area (Å²) >= 11 is 0. The van der Waals surface area contributed by atoms with Gasteiger partial charge in [0.1, 0.15) is 18.1 Å². The first-order valence-corrected chi connectivity index (χ1v) is 7.09. The standard InChI is InChI=1S/C16H19N3O4.HI/c1-3-22-15(20)14-8-7-13(23-14)10-18-16(17)19-11-5-4-6-12(9-11)21-2;/h4-9H,3,10H2,1-2H3,(H3,17,18,19);1H. The van der Waals surface area contributed by atoms with Gasteiger partial charge in [0, 0.05) is 11.8 Å². The van der Waals surface area contributed by atoms with Gasteiger partial charge in [-0.2, -0.15) is 0 Å². The molecule has 0 bridgehead atoms. The minimum absolute atomic E-state index is 0. The van der Waals surface area contributed by atoms with Crippen molar-refractivity contribution in [1.82, 2.24) is 0 Å². The van der Waals surface area contributed by atoms with Gasteiger partial charge in [0.15, 0.2) is 5.96 Å². The molecule has 0 aliphatic heterocycles. The van der Waals surface area contributed by atoms with Gasteiger partial charge in [-0.05, 0) is 31.2 Å². The lowest BCUT2D eigenvalue weighted by atomic mass is 10.3. The molecule has 2 rings (SSSR count). The topological polar surface area (TPSA) is 99.1 Å². The third kappa shape index (κ3) is 5.76. The second kappa shape index (κ2) is 9.81. The van der Waals surface area contributed by atoms with Gasteiger partial charge in [0.05, 0.1) is 13.7 Å². The molecule has 0 saturated heterocycles. The van der Waals surface area contributed by atoms with Crippen molar-refractivity contribution in [3.8, 4) is 5.75 Å². The van der Waals surface area contributed by atoms with Gasteiger partial charge >= 0.3 is 5.97 Å². The van der Waals surface area contributed by atoms with E-state index in [2.05, 4.69) is 10.3 Å². The summed E-state index contributed by atoms with van der Waals surface area (Å²) in [4.78, 5) is 15.7. The van der Waals surface area contributed by atoms with E-state index in [1.165, 1.54) is 0 Å². The van der Waals surface area contributed by atoms with Crippen molar-refractivity contribution in [1.29, 1.82) is 0 Å². The molecule has 0 atom stereocenters. The smallest absolute Gasteiger partial charge is 0.374 e. The average molecular weight is 445 g/mol. The second-order valence-electron chi connectivity index (χ2n) is 4.54. The first-order valence-electron chi connectivity index (χ1n) is 7.09. The highest BCUT2D eigenvalue weighted by Gasteiger charge is 2.11. The number of rotatable bonds is 6. The van der Waals surface area contributed by atoms with Gasteiger partial charge in [-0.25, -0.2) is 9.79 Å². The Hall–Kier alpha value is -2.23. The van der Waals surface area contributed by atoms with Gasteiger partial charge in [0.25, 0.3) is 0 Å². The number of esters is 1. The van der Waals surface area contributed by atoms with Crippen LogP contribution in [-0.4, -0.2) is 25.6 Å². The van der Waals surface area contributed by atoms with E-state index in [1.807, 2.05) is 18.2 Å². The molecular formula is C16H20IN3O4. The maximum atomic E-state index is 11.5. The molecule has 0 aliphatic rings. The number of guanidine groups is 1. The quantitative estimate of drug-likeness (QED) is 0.307. The SMILES string of the molecule is CCOC(=O)c1ccc(CN=C(N)Nc2cccc(OC)c2)o1.I. The molecule has 0 unspecified atom stereocenters. The normalized spacial score (nSPS) is 10.7. The van der Waals surface area contributed by atoms with Crippen molar-refractivity contribution >= 4 is 41.6 Å². The molecule has 0 fully saturated rings. The fraction of sp³-hybridized carbons (Fsp3) is 0.250. The van der Waals surface area contributed by atoms with Crippen LogP contribution in [0.15, 0.2) is 45.8 Å². The highest BCUT2D eigenvalue weighted by atomic mass is 127. The van der Waals surface area contributed by atoms with Crippen molar-refractivity contribution in [2.24, 2.45) is 10.7 Å². The molecular weight excluding hydrogens is 425 g/mol. The molecule has 2 aromatic rings. The van der Waals surface area contributed by atoms with E-state index >= 15 is 0 Å². The zero-order valence-electron chi connectivity index (χ0n) is 13.4. The van der Waals surface area contributed by atoms with E-state index < -0.39 is 5.97 Å². The number of furan rings is 1. The summed E-state index contributed by atoms with van der Waals surface area (Å²) in [5.41, 5.74) is 6.59. The fourth-order valence-electron chi connectivity index (χ4n) is 1.83. The minimum Gasteiger partial charge on any atom is -0.497 e. The van der Waals surface area contributed by atoms with Crippen molar-refractivity contribution in [3.05, 3.63) is 47.9 Å². The summed E-state index contributed by atoms with van der Waals surface area (Å²) in [7, 11) is 1.59. The minimum atomic E-state index is -0.495. The van der Waals surface area contributed by atoms with E-state index in [0.717, 1.165) is 5.69 Å². The lowest BCUT2D eigenvalue weighted by Crippen LogP contribution is -2.22. The van der Waals surface area contributed by atoms with Gasteiger partial charge in [-0.15, -0.1) is 24.0 Å². The Bertz CT molecular complexity index is 700. The van der Waals surface area contributed by atoms with Gasteiger partial charge in [0.2, 0.25) is 5.76 Å². The van der Waals surface area contributed by atoms with E-state index in [-0.39, 0.29) is 42.2 Å². The number of methoxy groups -OCH3 is 1. The predicted octanol–water partition coefficient (Wildman–Crippen LogP) is 3.01. The van der Waals surface area contributed by atoms with Crippen LogP contribution in [0.3, 0.4) is 0 Å². The summed E-state index contributed by atoms with van der Waals surface area (Å²) in [5, 5.41) is 2.95. The van der Waals surface area contributed by atoms with E-state index in [0.29, 0.717) is 18.1 Å². The van der Waals surface area contributed by atoms with Crippen LogP contribution in [0.1, 0.15) is 23.2 Å². The number of nitrogens with two attached hydrogens (primary N) is 1. The number of hydrogen-bond acceptors (Lipinski definition) is 5. The highest BCUT2D eigenvalue weighted by Crippen LogP contribution is 2.16. The van der Waals surface area contributed by atoms with E-state index in [1.54, 1.807) is 32.2 Å². The number of halogens is 1. The molecule has 130 valence electrons. The largest absolute Gasteiger partial charge is 0.497 e. The predicted molar refractivity (Wildman–Crippen MR) is 102 cm³/mol. The van der Waals surface area contributed by atoms with Gasteiger partial charge < -0.3 is 24.9 Å². The van der Waals surface area contributed by atoms with Gasteiger partial charge in [-0.1, -0.05) is 6.07 Å². The lowest BCUT2D eigenvalue weighted by molar-refractivity contribution is 0.0488. The number of hydrogen-bond donors (Lipinski definition) is 2. The maximum absolute atomic E-state index is 11.5. The molecule has 1 aromatic carbocycles. The molecule has 0 amide bonds. The molecule has 8 heteroatoms. The number of nitrogens with one attached hydrogen (secondary N) is 1. The third-order valence-electron chi connectivity index (χ3n) is 2.89. The fourth-order valence-corrected chi connectivity index (χ4v) is 1.83. The summed E-state index contributed by atoms with van der Waals surface area (Å²) in [6.45, 7) is 2.24. The first-order chi connectivity index (χ1) is 11.1. The third-order valence-corrected chi connectivity index (χ3v) is 2.89. The molecule has 1 aromatic heterocycles. The number of aliphatic imine (C=N–C) groups is 1. The average Bonchev–Trinajstić information content (AvgIpc) is 3.02. The van der Waals surface area contributed by atoms with Crippen LogP contribution in [0.5, 0.6) is 5.75 Å². The van der Waals surface area contributed by atoms with Crippen LogP contribution in [0, 0.1) is 0 Å². The molecule has 3 N–H and O–H groups in total. The van der Waals surface area contributed by atoms with E-state index in [4.69, 9.17) is 19.6 Å². The number of carbonyl (C=O) groups excluding carboxylic acids is 1. The van der Waals surface area contributed by atoms with Crippen LogP contribution in [0.25, 0.3) is 0 Å². The van der Waals surface area contributed by atoms with Crippen molar-refractivity contribution in [3.63, 3.8) is 0 Å². The van der Waals surface area contributed by atoms with Crippen molar-refractivity contribution < 1.29 is 18.7 Å². The molecule has 0 spiro atoms. The van der Waals surface area contributed by atoms with Crippen LogP contribution in [0.2, 0.25) is 0 Å². The van der Waals surface area contributed by atoms with Crippen LogP contribution >= 0.6 is 24.0 Å². The number of carbonyl (C=O) groups is 1. The summed E-state index contributed by atoms with van der Waals surface area (Å²) < 4.78 is 15.3. The molecule has 1 heterocycles. The number of nitrogens with zero attached hydrogens (tertiary/aromatic N) is 1. The zero-order valence-corrected chi connectivity index (χ0v) is 15.8. The lowest BCUT2D eigenvalue weighted by Gasteiger charge is -2.06. The number of anilines is 1. The maximum Gasteiger partial charge on any atom is 0.374 e. The van der Waals surface area contributed by atoms with Crippen LogP contribution < -0.4 is 15.8 Å². The Balaban J connectivity index is 0.00000288. The Kier molecular flexibility index (Phi) is 8.10. The first kappa shape index (κ1) is 19.8. The van der Waals surface area contributed by atoms with Crippen molar-refractivity contribution in [2.45, 2.75) is 13.5 Å². The van der Waals surface area contributed by atoms with Crippen LogP contribution in [0.4, 0.5) is 5.69 Å². The highest BCUT2D eigenvalue weighted by molar-refractivity contribution is 14.0. The van der Waals surface area contributed by atoms with Crippen LogP contribution in [-0.2, 0) is 11.3 Å². The van der Waals surface area contributed by atoms with Crippen molar-refractivity contribution in [2.75, 3.05) is 19.0 Å². The second-order valence-corrected chi connectivity index (χ2v) is 4.54. The summed E-state index contributed by atoms with van der Waals surface area (Å²) in [5.74, 6) is 1.12. The summed E-state index contributed by atoms with van der Waals surface area (Å²) in [6, 6.07) is 10.5. The molecule has 24 heavy (non-hydrogen) atoms. The Morgan fingerprint density at radius 2 is 2.12 bits per heavy atom. The number of benzene rings is 1. The molecule has 0 aliphatic carbocycles. The van der Waals surface area contributed by atoms with E-state index in [9.17, 15) is 4.79 Å². The Labute approximate surface area is 157 Å². The zero-order chi connectivity index (χ0) is 16.7. The monoisotopic (exact) mass is 445 g/mol. The van der Waals surface area contributed by atoms with Gasteiger partial charge in [-0.3, -0.25) is 0 Å². The number of ether oxygens (including phenoxy) is 2. The molecule has 0 radical (unpaired) electrons. The summed E-state index contributed by atoms with van der Waals surface area (Å²) in [6.07, 6.45) is 0. The molecule has 7 nitrogen and oxygen atoms in total. The Morgan fingerprint density at radius 1 is 1.33 bits per heavy atom. The molecule has 0 saturated carbocycles.